The molecular formula is C17H14FN3O3S. The van der Waals surface area contributed by atoms with E-state index in [4.69, 9.17) is 9.47 Å². The monoisotopic (exact) mass is 359 g/mol. The summed E-state index contributed by atoms with van der Waals surface area (Å²) < 4.78 is 23.6. The van der Waals surface area contributed by atoms with Crippen LogP contribution in [0.4, 0.5) is 10.1 Å². The van der Waals surface area contributed by atoms with Crippen LogP contribution in [0.3, 0.4) is 0 Å². The van der Waals surface area contributed by atoms with Crippen molar-refractivity contribution in [1.29, 1.82) is 0 Å². The van der Waals surface area contributed by atoms with Crippen molar-refractivity contribution >= 4 is 22.9 Å². The number of carbonyl (C=O) groups excluding carboxylic acids is 1. The van der Waals surface area contributed by atoms with Gasteiger partial charge in [0.25, 0.3) is 5.91 Å². The number of rotatable bonds is 5. The van der Waals surface area contributed by atoms with Crippen LogP contribution < -0.4 is 14.8 Å². The van der Waals surface area contributed by atoms with Crippen LogP contribution in [0.25, 0.3) is 10.6 Å². The zero-order chi connectivity index (χ0) is 17.8. The molecule has 0 saturated heterocycles. The van der Waals surface area contributed by atoms with Gasteiger partial charge in [-0.1, -0.05) is 0 Å². The number of halogens is 1. The Hall–Kier alpha value is -3.00. The van der Waals surface area contributed by atoms with E-state index in [1.165, 1.54) is 23.6 Å². The first kappa shape index (κ1) is 16.8. The number of hydrogen-bond donors (Lipinski definition) is 1. The Morgan fingerprint density at radius 3 is 2.68 bits per heavy atom. The lowest BCUT2D eigenvalue weighted by Gasteiger charge is -2.08. The van der Waals surface area contributed by atoms with Crippen LogP contribution in [0.5, 0.6) is 11.5 Å². The predicted molar refractivity (Wildman–Crippen MR) is 92.8 cm³/mol. The standard InChI is InChI=1S/C17H14FN3O3S/c1-23-14-4-3-10(5-15(14)24-2)17-21-13(9-25-17)16(22)20-12-6-11(18)7-19-8-12/h3-9H,1-2H3,(H,20,22). The molecule has 0 aliphatic rings. The number of anilines is 1. The van der Waals surface area contributed by atoms with Gasteiger partial charge >= 0.3 is 0 Å². The van der Waals surface area contributed by atoms with Crippen molar-refractivity contribution in [2.75, 3.05) is 19.5 Å². The molecule has 0 bridgehead atoms. The van der Waals surface area contributed by atoms with Crippen LogP contribution in [0, 0.1) is 5.82 Å². The van der Waals surface area contributed by atoms with Crippen molar-refractivity contribution in [3.05, 3.63) is 53.6 Å². The largest absolute Gasteiger partial charge is 0.493 e. The van der Waals surface area contributed by atoms with E-state index in [2.05, 4.69) is 15.3 Å². The fraction of sp³-hybridized carbons (Fsp3) is 0.118. The second kappa shape index (κ2) is 7.27. The molecule has 3 aromatic rings. The number of hydrogen-bond acceptors (Lipinski definition) is 6. The molecule has 0 aliphatic heterocycles. The quantitative estimate of drug-likeness (QED) is 0.753. The molecule has 0 fully saturated rings. The lowest BCUT2D eigenvalue weighted by atomic mass is 10.2. The molecule has 8 heteroatoms. The molecule has 1 amide bonds. The van der Waals surface area contributed by atoms with Crippen LogP contribution in [-0.4, -0.2) is 30.1 Å². The predicted octanol–water partition coefficient (Wildman–Crippen LogP) is 3.61. The molecule has 2 heterocycles. The van der Waals surface area contributed by atoms with Crippen molar-refractivity contribution in [3.63, 3.8) is 0 Å². The maximum atomic E-state index is 13.1. The number of benzene rings is 1. The Bertz CT molecular complexity index is 914. The lowest BCUT2D eigenvalue weighted by Crippen LogP contribution is -2.12. The van der Waals surface area contributed by atoms with Crippen LogP contribution in [0.15, 0.2) is 42.0 Å². The van der Waals surface area contributed by atoms with Gasteiger partial charge in [-0.15, -0.1) is 11.3 Å². The van der Waals surface area contributed by atoms with Crippen molar-refractivity contribution in [2.24, 2.45) is 0 Å². The van der Waals surface area contributed by atoms with Crippen molar-refractivity contribution in [3.8, 4) is 22.1 Å². The molecule has 2 aromatic heterocycles. The molecule has 25 heavy (non-hydrogen) atoms. The number of aromatic nitrogens is 2. The van der Waals surface area contributed by atoms with E-state index < -0.39 is 11.7 Å². The third-order valence-electron chi connectivity index (χ3n) is 3.33. The second-order valence-electron chi connectivity index (χ2n) is 4.95. The van der Waals surface area contributed by atoms with Crippen LogP contribution in [0.2, 0.25) is 0 Å². The minimum atomic E-state index is -0.526. The van der Waals surface area contributed by atoms with E-state index in [0.717, 1.165) is 11.8 Å². The van der Waals surface area contributed by atoms with Gasteiger partial charge in [-0.3, -0.25) is 9.78 Å². The number of thiazole rings is 1. The molecule has 128 valence electrons. The maximum Gasteiger partial charge on any atom is 0.275 e. The highest BCUT2D eigenvalue weighted by molar-refractivity contribution is 7.13. The first-order valence-electron chi connectivity index (χ1n) is 7.20. The molecule has 3 rings (SSSR count). The topological polar surface area (TPSA) is 73.3 Å². The average molecular weight is 359 g/mol. The molecule has 0 aliphatic carbocycles. The van der Waals surface area contributed by atoms with Crippen molar-refractivity contribution in [2.45, 2.75) is 0 Å². The Labute approximate surface area is 147 Å². The summed E-state index contributed by atoms with van der Waals surface area (Å²) in [4.78, 5) is 20.2. The van der Waals surface area contributed by atoms with Crippen LogP contribution >= 0.6 is 11.3 Å². The summed E-state index contributed by atoms with van der Waals surface area (Å²) in [6, 6.07) is 6.58. The fourth-order valence-corrected chi connectivity index (χ4v) is 2.95. The summed E-state index contributed by atoms with van der Waals surface area (Å²) in [6.07, 6.45) is 2.43. The van der Waals surface area contributed by atoms with Crippen LogP contribution in [0.1, 0.15) is 10.5 Å². The van der Waals surface area contributed by atoms with E-state index in [-0.39, 0.29) is 11.4 Å². The van der Waals surface area contributed by atoms with Gasteiger partial charge in [-0.25, -0.2) is 9.37 Å². The molecule has 0 radical (unpaired) electrons. The fourth-order valence-electron chi connectivity index (χ4n) is 2.16. The first-order chi connectivity index (χ1) is 12.1. The molecular weight excluding hydrogens is 345 g/mol. The van der Waals surface area contributed by atoms with E-state index in [0.29, 0.717) is 16.5 Å². The summed E-state index contributed by atoms with van der Waals surface area (Å²) in [6.45, 7) is 0. The zero-order valence-corrected chi connectivity index (χ0v) is 14.3. The maximum absolute atomic E-state index is 13.1. The minimum Gasteiger partial charge on any atom is -0.493 e. The molecule has 0 spiro atoms. The highest BCUT2D eigenvalue weighted by Gasteiger charge is 2.14. The highest BCUT2D eigenvalue weighted by Crippen LogP contribution is 2.33. The van der Waals surface area contributed by atoms with Gasteiger partial charge in [0, 0.05) is 17.0 Å². The summed E-state index contributed by atoms with van der Waals surface area (Å²) in [5.41, 5.74) is 1.30. The summed E-state index contributed by atoms with van der Waals surface area (Å²) >= 11 is 1.32. The van der Waals surface area contributed by atoms with Gasteiger partial charge in [0.05, 0.1) is 32.3 Å². The number of methoxy groups -OCH3 is 2. The number of ether oxygens (including phenoxy) is 2. The third kappa shape index (κ3) is 3.74. The second-order valence-corrected chi connectivity index (χ2v) is 5.81. The Morgan fingerprint density at radius 1 is 1.16 bits per heavy atom. The highest BCUT2D eigenvalue weighted by atomic mass is 32.1. The summed E-state index contributed by atoms with van der Waals surface area (Å²) in [5.74, 6) is 0.226. The van der Waals surface area contributed by atoms with E-state index in [1.807, 2.05) is 6.07 Å². The number of pyridine rings is 1. The molecule has 0 unspecified atom stereocenters. The van der Waals surface area contributed by atoms with Gasteiger partial charge in [0.15, 0.2) is 11.5 Å². The first-order valence-corrected chi connectivity index (χ1v) is 8.08. The third-order valence-corrected chi connectivity index (χ3v) is 4.22. The lowest BCUT2D eigenvalue weighted by molar-refractivity contribution is 0.102. The van der Waals surface area contributed by atoms with E-state index in [1.54, 1.807) is 31.7 Å². The zero-order valence-electron chi connectivity index (χ0n) is 13.4. The Balaban J connectivity index is 1.81. The minimum absolute atomic E-state index is 0.235. The van der Waals surface area contributed by atoms with Gasteiger partial charge < -0.3 is 14.8 Å². The van der Waals surface area contributed by atoms with E-state index in [9.17, 15) is 9.18 Å². The van der Waals surface area contributed by atoms with Crippen LogP contribution in [-0.2, 0) is 0 Å². The Morgan fingerprint density at radius 2 is 1.96 bits per heavy atom. The van der Waals surface area contributed by atoms with Crippen molar-refractivity contribution < 1.29 is 18.7 Å². The smallest absolute Gasteiger partial charge is 0.275 e. The van der Waals surface area contributed by atoms with Gasteiger partial charge in [0.2, 0.25) is 0 Å². The number of amides is 1. The SMILES string of the molecule is COc1ccc(-c2nc(C(=O)Nc3cncc(F)c3)cs2)cc1OC. The van der Waals surface area contributed by atoms with Gasteiger partial charge in [0.1, 0.15) is 16.5 Å². The Kier molecular flexibility index (Phi) is 4.90. The summed E-state index contributed by atoms with van der Waals surface area (Å²) in [5, 5.41) is 4.85. The molecule has 0 atom stereocenters. The molecule has 6 nitrogen and oxygen atoms in total. The van der Waals surface area contributed by atoms with E-state index >= 15 is 0 Å². The normalized spacial score (nSPS) is 10.4. The van der Waals surface area contributed by atoms with Gasteiger partial charge in [-0.05, 0) is 18.2 Å². The molecule has 1 N–H and O–H groups in total. The number of nitrogens with zero attached hydrogens (tertiary/aromatic N) is 2. The van der Waals surface area contributed by atoms with Crippen molar-refractivity contribution in [1.82, 2.24) is 9.97 Å². The molecule has 0 saturated carbocycles. The molecule has 1 aromatic carbocycles. The number of nitrogens with one attached hydrogen (secondary N) is 1. The van der Waals surface area contributed by atoms with Gasteiger partial charge in [-0.2, -0.15) is 0 Å². The summed E-state index contributed by atoms with van der Waals surface area (Å²) in [7, 11) is 3.11. The average Bonchev–Trinajstić information content (AvgIpc) is 3.11. The number of carbonyl (C=O) groups is 1.